The van der Waals surface area contributed by atoms with E-state index in [1.807, 2.05) is 26.0 Å². The summed E-state index contributed by atoms with van der Waals surface area (Å²) in [5, 5.41) is 6.04. The first-order valence-corrected chi connectivity index (χ1v) is 14.1. The maximum absolute atomic E-state index is 13.8. The molecule has 1 aromatic rings. The first-order chi connectivity index (χ1) is 19.1. The van der Waals surface area contributed by atoms with Crippen LogP contribution in [-0.2, 0) is 23.9 Å². The molecule has 0 spiro atoms. The number of ether oxygens (including phenoxy) is 1. The number of nitrogens with one attached hydrogen (secondary N) is 2. The molecule has 2 N–H and O–H groups in total. The first-order valence-electron chi connectivity index (χ1n) is 13.7. The highest BCUT2D eigenvalue weighted by Gasteiger charge is 2.54. The summed E-state index contributed by atoms with van der Waals surface area (Å²) in [6.45, 7) is 7.56. The van der Waals surface area contributed by atoms with Crippen molar-refractivity contribution >= 4 is 46.6 Å². The van der Waals surface area contributed by atoms with Crippen molar-refractivity contribution in [3.63, 3.8) is 0 Å². The van der Waals surface area contributed by atoms with Crippen LogP contribution in [0.25, 0.3) is 0 Å². The van der Waals surface area contributed by atoms with Crippen molar-refractivity contribution in [2.75, 3.05) is 44.2 Å². The van der Waals surface area contributed by atoms with Crippen LogP contribution in [0.4, 0.5) is 5.69 Å². The van der Waals surface area contributed by atoms with Gasteiger partial charge in [0.25, 0.3) is 11.8 Å². The second kappa shape index (κ2) is 11.6. The van der Waals surface area contributed by atoms with Gasteiger partial charge >= 0.3 is 0 Å². The van der Waals surface area contributed by atoms with Gasteiger partial charge in [0.05, 0.1) is 12.6 Å². The number of rotatable bonds is 7. The molecule has 1 aromatic carbocycles. The molecule has 0 bridgehead atoms. The number of carbonyl (C=O) groups excluding carboxylic acids is 5. The number of benzene rings is 1. The Labute approximate surface area is 237 Å². The Hall–Kier alpha value is -3.44. The molecule has 11 nitrogen and oxygen atoms in total. The zero-order valence-corrected chi connectivity index (χ0v) is 23.4. The van der Waals surface area contributed by atoms with Gasteiger partial charge in [-0.1, -0.05) is 13.8 Å². The molecule has 40 heavy (non-hydrogen) atoms. The minimum Gasteiger partial charge on any atom is -0.461 e. The lowest BCUT2D eigenvalue weighted by atomic mass is 10.0. The Morgan fingerprint density at radius 3 is 2.40 bits per heavy atom. The molecular weight excluding hydrogens is 538 g/mol. The van der Waals surface area contributed by atoms with Gasteiger partial charge in [-0.05, 0) is 54.6 Å². The van der Waals surface area contributed by atoms with Gasteiger partial charge in [-0.15, -0.1) is 0 Å². The quantitative estimate of drug-likeness (QED) is 0.457. The fourth-order valence-corrected chi connectivity index (χ4v) is 6.15. The molecule has 4 unspecified atom stereocenters. The summed E-state index contributed by atoms with van der Waals surface area (Å²) in [6.07, 6.45) is 0.408. The number of hydrogen-bond donors (Lipinski definition) is 2. The summed E-state index contributed by atoms with van der Waals surface area (Å²) in [5.41, 5.74) is 1.49. The number of Topliss-reactive ketones (excluding diaryl/α,β-unsaturated/α-hetero) is 1. The first kappa shape index (κ1) is 28.1. The highest BCUT2D eigenvalue weighted by molar-refractivity contribution is 6.32. The van der Waals surface area contributed by atoms with Crippen molar-refractivity contribution in [3.8, 4) is 0 Å². The van der Waals surface area contributed by atoms with Crippen molar-refractivity contribution in [2.24, 2.45) is 5.92 Å². The predicted octanol–water partition coefficient (Wildman–Crippen LogP) is 0.670. The number of ketones is 2. The summed E-state index contributed by atoms with van der Waals surface area (Å²) in [5.74, 6) is -2.11. The molecule has 12 heteroatoms. The molecule has 0 aromatic heterocycles. The van der Waals surface area contributed by atoms with Gasteiger partial charge in [0.1, 0.15) is 12.1 Å². The summed E-state index contributed by atoms with van der Waals surface area (Å²) < 4.78 is 5.16. The van der Waals surface area contributed by atoms with E-state index in [0.717, 1.165) is 37.9 Å². The number of hydrogen-bond acceptors (Lipinski definition) is 8. The van der Waals surface area contributed by atoms with Gasteiger partial charge in [0.2, 0.25) is 17.8 Å². The lowest BCUT2D eigenvalue weighted by Gasteiger charge is -2.30. The normalized spacial score (nSPS) is 25.1. The van der Waals surface area contributed by atoms with Crippen LogP contribution in [0.3, 0.4) is 0 Å². The van der Waals surface area contributed by atoms with Crippen molar-refractivity contribution in [3.05, 3.63) is 41.1 Å². The third-order valence-electron chi connectivity index (χ3n) is 7.88. The van der Waals surface area contributed by atoms with Crippen molar-refractivity contribution in [1.29, 1.82) is 0 Å². The van der Waals surface area contributed by atoms with Crippen LogP contribution in [0.5, 0.6) is 0 Å². The Morgan fingerprint density at radius 2 is 1.77 bits per heavy atom. The van der Waals surface area contributed by atoms with Gasteiger partial charge in [-0.25, -0.2) is 0 Å². The van der Waals surface area contributed by atoms with Crippen LogP contribution >= 0.6 is 11.6 Å². The average Bonchev–Trinajstić information content (AvgIpc) is 3.62. The van der Waals surface area contributed by atoms with Crippen LogP contribution in [0.15, 0.2) is 35.6 Å². The molecule has 4 heterocycles. The van der Waals surface area contributed by atoms with Crippen LogP contribution in [0.1, 0.15) is 37.0 Å². The molecule has 0 aliphatic carbocycles. The van der Waals surface area contributed by atoms with E-state index in [9.17, 15) is 24.0 Å². The van der Waals surface area contributed by atoms with Crippen LogP contribution in [-0.4, -0.2) is 103 Å². The summed E-state index contributed by atoms with van der Waals surface area (Å²) >= 11 is 5.75. The van der Waals surface area contributed by atoms with Crippen LogP contribution in [0, 0.1) is 5.92 Å². The Morgan fingerprint density at radius 1 is 1.07 bits per heavy atom. The van der Waals surface area contributed by atoms with E-state index >= 15 is 0 Å². The minimum absolute atomic E-state index is 0.0999. The van der Waals surface area contributed by atoms with Crippen LogP contribution in [0.2, 0.25) is 0 Å². The maximum Gasteiger partial charge on any atom is 0.272 e. The third kappa shape index (κ3) is 5.57. The molecule has 5 rings (SSSR count). The van der Waals surface area contributed by atoms with Gasteiger partial charge < -0.3 is 30.1 Å². The number of likely N-dealkylation sites (tertiary alicyclic amines) is 2. The molecule has 3 fully saturated rings. The lowest BCUT2D eigenvalue weighted by Crippen LogP contribution is -2.53. The van der Waals surface area contributed by atoms with E-state index in [4.69, 9.17) is 16.3 Å². The fraction of sp³-hybridized carbons (Fsp3) is 0.536. The van der Waals surface area contributed by atoms with E-state index < -0.39 is 35.9 Å². The molecule has 214 valence electrons. The van der Waals surface area contributed by atoms with E-state index in [0.29, 0.717) is 18.4 Å². The molecule has 4 atom stereocenters. The van der Waals surface area contributed by atoms with E-state index in [-0.39, 0.29) is 41.8 Å². The van der Waals surface area contributed by atoms with Crippen molar-refractivity contribution < 1.29 is 28.7 Å². The topological polar surface area (TPSA) is 128 Å². The van der Waals surface area contributed by atoms with Crippen LogP contribution < -0.4 is 15.5 Å². The second-order valence-corrected chi connectivity index (χ2v) is 11.4. The lowest BCUT2D eigenvalue weighted by molar-refractivity contribution is -0.145. The zero-order valence-electron chi connectivity index (χ0n) is 22.6. The number of halogens is 1. The molecule has 3 amide bonds. The zero-order chi connectivity index (χ0) is 28.6. The molecule has 0 radical (unpaired) electrons. The second-order valence-electron chi connectivity index (χ2n) is 11.1. The Kier molecular flexibility index (Phi) is 8.14. The Balaban J connectivity index is 1.27. The smallest absolute Gasteiger partial charge is 0.272 e. The molecule has 4 aliphatic rings. The number of fused-ring (bicyclic) bond motifs is 1. The highest BCUT2D eigenvalue weighted by Crippen LogP contribution is 2.32. The summed E-state index contributed by atoms with van der Waals surface area (Å²) in [7, 11) is 0. The molecule has 3 saturated heterocycles. The monoisotopic (exact) mass is 571 g/mol. The summed E-state index contributed by atoms with van der Waals surface area (Å²) in [4.78, 5) is 70.2. The molecular formula is C28H34ClN5O6. The number of anilines is 1. The van der Waals surface area contributed by atoms with Crippen molar-refractivity contribution in [2.45, 2.75) is 50.9 Å². The van der Waals surface area contributed by atoms with E-state index in [2.05, 4.69) is 15.5 Å². The molecule has 0 saturated carbocycles. The molecule has 4 aliphatic heterocycles. The number of piperazine rings is 1. The summed E-state index contributed by atoms with van der Waals surface area (Å²) in [6, 6.07) is 5.11. The maximum atomic E-state index is 13.8. The SMILES string of the molecule is CC(C)CC(NC(=O)c1ccc(N2CCNCC2)cc1)C(=O)N1CCC2C1C(=O)CN2C(=O)C1OC(Cl)=CC1=O. The van der Waals surface area contributed by atoms with Gasteiger partial charge in [0, 0.05) is 50.1 Å². The van der Waals surface area contributed by atoms with E-state index in [1.54, 1.807) is 12.1 Å². The largest absolute Gasteiger partial charge is 0.461 e. The van der Waals surface area contributed by atoms with Gasteiger partial charge in [-0.2, -0.15) is 0 Å². The van der Waals surface area contributed by atoms with Gasteiger partial charge in [-0.3, -0.25) is 24.0 Å². The number of amides is 3. The average molecular weight is 572 g/mol. The minimum atomic E-state index is -1.41. The highest BCUT2D eigenvalue weighted by atomic mass is 35.5. The number of nitrogens with zero attached hydrogens (tertiary/aromatic N) is 3. The number of carbonyl (C=O) groups is 5. The third-order valence-corrected chi connectivity index (χ3v) is 8.08. The van der Waals surface area contributed by atoms with E-state index in [1.165, 1.54) is 9.80 Å². The standard InChI is InChI=1S/C28H34ClN5O6/c1-16(2)13-19(31-26(37)17-3-5-18(6-4-17)32-11-8-30-9-12-32)27(38)33-10-7-20-24(33)22(36)15-34(20)28(39)25-21(35)14-23(29)40-25/h3-6,14,16,19-20,24-25,30H,7-13,15H2,1-2H3,(H,31,37). The fourth-order valence-electron chi connectivity index (χ4n) is 5.95. The predicted molar refractivity (Wildman–Crippen MR) is 147 cm³/mol. The van der Waals surface area contributed by atoms with Crippen molar-refractivity contribution in [1.82, 2.24) is 20.4 Å². The van der Waals surface area contributed by atoms with Gasteiger partial charge in [0.15, 0.2) is 11.0 Å². The Bertz CT molecular complexity index is 1230.